The maximum absolute atomic E-state index is 11.2. The molecule has 13 heavy (non-hydrogen) atoms. The largest absolute Gasteiger partial charge is 0.349 e. The second-order valence-electron chi connectivity index (χ2n) is 3.05. The Morgan fingerprint density at radius 2 is 2.31 bits per heavy atom. The lowest BCUT2D eigenvalue weighted by Gasteiger charge is -2.09. The zero-order valence-corrected chi connectivity index (χ0v) is 7.97. The highest BCUT2D eigenvalue weighted by atomic mass is 16.2. The van der Waals surface area contributed by atoms with Crippen molar-refractivity contribution in [1.82, 2.24) is 19.7 Å². The molecule has 1 aromatic heterocycles. The van der Waals surface area contributed by atoms with Crippen LogP contribution >= 0.6 is 0 Å². The van der Waals surface area contributed by atoms with Gasteiger partial charge in [-0.05, 0) is 6.42 Å². The van der Waals surface area contributed by atoms with Crippen molar-refractivity contribution >= 4 is 5.91 Å². The quantitative estimate of drug-likeness (QED) is 0.666. The second kappa shape index (κ2) is 4.59. The van der Waals surface area contributed by atoms with Crippen LogP contribution in [0.1, 0.15) is 12.8 Å². The molecule has 0 spiro atoms. The van der Waals surface area contributed by atoms with Gasteiger partial charge in [-0.1, -0.05) is 0 Å². The van der Waals surface area contributed by atoms with Gasteiger partial charge in [0, 0.05) is 27.1 Å². The van der Waals surface area contributed by atoms with Crippen molar-refractivity contribution in [3.63, 3.8) is 0 Å². The van der Waals surface area contributed by atoms with E-state index in [1.807, 2.05) is 0 Å². The Labute approximate surface area is 77.4 Å². The third-order valence-corrected chi connectivity index (χ3v) is 1.74. The Kier molecular flexibility index (Phi) is 3.42. The zero-order valence-electron chi connectivity index (χ0n) is 7.97. The molecule has 0 N–H and O–H groups in total. The van der Waals surface area contributed by atoms with Gasteiger partial charge >= 0.3 is 0 Å². The highest BCUT2D eigenvalue weighted by molar-refractivity contribution is 5.75. The molecule has 0 aliphatic rings. The molecule has 0 bridgehead atoms. The Morgan fingerprint density at radius 1 is 1.54 bits per heavy atom. The summed E-state index contributed by atoms with van der Waals surface area (Å²) < 4.78 is 1.73. The highest BCUT2D eigenvalue weighted by Crippen LogP contribution is 1.95. The summed E-state index contributed by atoms with van der Waals surface area (Å²) >= 11 is 0. The molecule has 0 saturated carbocycles. The lowest BCUT2D eigenvalue weighted by Crippen LogP contribution is -2.21. The number of hydrogen-bond donors (Lipinski definition) is 0. The van der Waals surface area contributed by atoms with Gasteiger partial charge in [-0.3, -0.25) is 9.48 Å². The first-order chi connectivity index (χ1) is 6.20. The molecule has 0 atom stereocenters. The fourth-order valence-corrected chi connectivity index (χ4v) is 0.964. The second-order valence-corrected chi connectivity index (χ2v) is 3.05. The zero-order chi connectivity index (χ0) is 9.68. The summed E-state index contributed by atoms with van der Waals surface area (Å²) in [5.41, 5.74) is 0. The summed E-state index contributed by atoms with van der Waals surface area (Å²) in [6, 6.07) is 0. The fraction of sp³-hybridized carbons (Fsp3) is 0.625. The average molecular weight is 182 g/mol. The Morgan fingerprint density at radius 3 is 2.85 bits per heavy atom. The van der Waals surface area contributed by atoms with Gasteiger partial charge in [0.15, 0.2) is 0 Å². The van der Waals surface area contributed by atoms with Crippen LogP contribution in [0.4, 0.5) is 0 Å². The first-order valence-corrected chi connectivity index (χ1v) is 4.22. The van der Waals surface area contributed by atoms with Crippen LogP contribution in [0.5, 0.6) is 0 Å². The minimum atomic E-state index is 0.153. The number of amides is 1. The van der Waals surface area contributed by atoms with E-state index >= 15 is 0 Å². The molecule has 0 aromatic carbocycles. The highest BCUT2D eigenvalue weighted by Gasteiger charge is 2.02. The average Bonchev–Trinajstić information content (AvgIpc) is 2.56. The van der Waals surface area contributed by atoms with E-state index in [0.29, 0.717) is 6.42 Å². The van der Waals surface area contributed by atoms with Gasteiger partial charge in [-0.25, -0.2) is 4.98 Å². The normalized spacial score (nSPS) is 10.0. The predicted molar refractivity (Wildman–Crippen MR) is 48.0 cm³/mol. The monoisotopic (exact) mass is 182 g/mol. The van der Waals surface area contributed by atoms with E-state index in [2.05, 4.69) is 10.1 Å². The Bertz CT molecular complexity index is 255. The van der Waals surface area contributed by atoms with Gasteiger partial charge in [-0.2, -0.15) is 5.10 Å². The SMILES string of the molecule is CN(C)C(=O)CCCn1cncn1. The van der Waals surface area contributed by atoms with Gasteiger partial charge in [-0.15, -0.1) is 0 Å². The summed E-state index contributed by atoms with van der Waals surface area (Å²) in [4.78, 5) is 16.6. The summed E-state index contributed by atoms with van der Waals surface area (Å²) in [6.07, 6.45) is 4.52. The van der Waals surface area contributed by atoms with E-state index < -0.39 is 0 Å². The van der Waals surface area contributed by atoms with Gasteiger partial charge in [0.05, 0.1) is 0 Å². The topological polar surface area (TPSA) is 51.0 Å². The van der Waals surface area contributed by atoms with Crippen LogP contribution in [0.25, 0.3) is 0 Å². The molecule has 0 radical (unpaired) electrons. The minimum Gasteiger partial charge on any atom is -0.349 e. The molecule has 0 fully saturated rings. The molecule has 1 heterocycles. The van der Waals surface area contributed by atoms with Crippen molar-refractivity contribution in [2.75, 3.05) is 14.1 Å². The van der Waals surface area contributed by atoms with Crippen LogP contribution in [-0.4, -0.2) is 39.7 Å². The molecule has 1 aromatic rings. The smallest absolute Gasteiger partial charge is 0.222 e. The van der Waals surface area contributed by atoms with Gasteiger partial charge in [0.25, 0.3) is 0 Å². The van der Waals surface area contributed by atoms with Crippen molar-refractivity contribution < 1.29 is 4.79 Å². The number of aromatic nitrogens is 3. The van der Waals surface area contributed by atoms with Crippen molar-refractivity contribution in [1.29, 1.82) is 0 Å². The van der Waals surface area contributed by atoms with Crippen LogP contribution in [0.15, 0.2) is 12.7 Å². The Hall–Kier alpha value is -1.39. The summed E-state index contributed by atoms with van der Waals surface area (Å²) in [5, 5.41) is 3.94. The number of hydrogen-bond acceptors (Lipinski definition) is 3. The summed E-state index contributed by atoms with van der Waals surface area (Å²) in [7, 11) is 3.52. The van der Waals surface area contributed by atoms with Crippen LogP contribution < -0.4 is 0 Å². The van der Waals surface area contributed by atoms with E-state index in [0.717, 1.165) is 13.0 Å². The molecule has 1 rings (SSSR count). The maximum atomic E-state index is 11.2. The van der Waals surface area contributed by atoms with Crippen molar-refractivity contribution in [3.05, 3.63) is 12.7 Å². The summed E-state index contributed by atoms with van der Waals surface area (Å²) in [5.74, 6) is 0.153. The molecule has 0 aliphatic carbocycles. The molecule has 5 heteroatoms. The number of carbonyl (C=O) groups is 1. The molecule has 1 amide bonds. The van der Waals surface area contributed by atoms with E-state index in [4.69, 9.17) is 0 Å². The van der Waals surface area contributed by atoms with E-state index in [1.165, 1.54) is 6.33 Å². The predicted octanol–water partition coefficient (Wildman–Crippen LogP) is 0.146. The van der Waals surface area contributed by atoms with E-state index in [-0.39, 0.29) is 5.91 Å². The molecular formula is C8H14N4O. The number of rotatable bonds is 4. The molecule has 0 saturated heterocycles. The molecular weight excluding hydrogens is 168 g/mol. The van der Waals surface area contributed by atoms with Gasteiger partial charge in [0.2, 0.25) is 5.91 Å². The third-order valence-electron chi connectivity index (χ3n) is 1.74. The molecule has 5 nitrogen and oxygen atoms in total. The van der Waals surface area contributed by atoms with Crippen LogP contribution in [0.3, 0.4) is 0 Å². The van der Waals surface area contributed by atoms with Crippen LogP contribution in [0.2, 0.25) is 0 Å². The number of carbonyl (C=O) groups excluding carboxylic acids is 1. The number of nitrogens with zero attached hydrogens (tertiary/aromatic N) is 4. The van der Waals surface area contributed by atoms with Crippen LogP contribution in [0, 0.1) is 0 Å². The third kappa shape index (κ3) is 3.23. The van der Waals surface area contributed by atoms with E-state index in [1.54, 1.807) is 30.0 Å². The van der Waals surface area contributed by atoms with Crippen molar-refractivity contribution in [2.24, 2.45) is 0 Å². The van der Waals surface area contributed by atoms with Crippen molar-refractivity contribution in [2.45, 2.75) is 19.4 Å². The summed E-state index contributed by atoms with van der Waals surface area (Å²) in [6.45, 7) is 0.750. The van der Waals surface area contributed by atoms with Crippen LogP contribution in [-0.2, 0) is 11.3 Å². The van der Waals surface area contributed by atoms with E-state index in [9.17, 15) is 4.79 Å². The first kappa shape index (κ1) is 9.70. The van der Waals surface area contributed by atoms with Gasteiger partial charge in [0.1, 0.15) is 12.7 Å². The fourth-order valence-electron chi connectivity index (χ4n) is 0.964. The maximum Gasteiger partial charge on any atom is 0.222 e. The minimum absolute atomic E-state index is 0.153. The molecule has 0 unspecified atom stereocenters. The van der Waals surface area contributed by atoms with Crippen molar-refractivity contribution in [3.8, 4) is 0 Å². The molecule has 0 aliphatic heterocycles. The standard InChI is InChI=1S/C8H14N4O/c1-11(2)8(13)4-3-5-12-7-9-6-10-12/h6-7H,3-5H2,1-2H3. The van der Waals surface area contributed by atoms with Gasteiger partial charge < -0.3 is 4.90 Å². The lowest BCUT2D eigenvalue weighted by molar-refractivity contribution is -0.128. The Balaban J connectivity index is 2.18. The lowest BCUT2D eigenvalue weighted by atomic mass is 10.3. The number of aryl methyl sites for hydroxylation is 1. The molecule has 72 valence electrons. The first-order valence-electron chi connectivity index (χ1n) is 4.22.